The molecular formula is C68H128NO8P. The van der Waals surface area contributed by atoms with E-state index < -0.39 is 32.5 Å². The van der Waals surface area contributed by atoms with E-state index in [1.165, 1.54) is 244 Å². The Morgan fingerprint density at radius 2 is 0.731 bits per heavy atom. The van der Waals surface area contributed by atoms with E-state index in [1.807, 2.05) is 33.3 Å². The number of hydrogen-bond acceptors (Lipinski definition) is 8. The Bertz CT molecular complexity index is 1460. The normalized spacial score (nSPS) is 13.5. The third-order valence-corrected chi connectivity index (χ3v) is 15.8. The van der Waals surface area contributed by atoms with E-state index in [0.29, 0.717) is 17.4 Å². The summed E-state index contributed by atoms with van der Waals surface area (Å²) in [5, 5.41) is 0. The van der Waals surface area contributed by atoms with E-state index in [1.54, 1.807) is 0 Å². The quantitative estimate of drug-likeness (QED) is 0.0195. The predicted molar refractivity (Wildman–Crippen MR) is 333 cm³/mol. The standard InChI is InChI=1S/C68H128NO8P/c1-6-8-10-12-14-16-18-20-21-22-23-24-25-26-27-28-29-30-31-32-33-34-35-36-37-38-39-40-41-42-43-44-45-46-47-49-50-52-54-56-58-60-67(70)74-64-66(65-76-78(72,73)75-63-62-69(3,4)5)77-68(71)61-59-57-55-53-51-48-19-17-15-13-11-9-7-2/h9,11,15,17,48,51,55,57,66H,6-8,10,12-14,16,18-47,49-50,52-54,56,58-65H2,1-5H3/b11-9-,17-15-,51-48-,57-55-. The first kappa shape index (κ1) is 76.0. The molecule has 10 heteroatoms. The first-order chi connectivity index (χ1) is 38.0. The van der Waals surface area contributed by atoms with Crippen LogP contribution >= 0.6 is 7.82 Å². The lowest BCUT2D eigenvalue weighted by Gasteiger charge is -2.28. The zero-order valence-electron chi connectivity index (χ0n) is 52.1. The third kappa shape index (κ3) is 63.2. The Labute approximate surface area is 484 Å². The second kappa shape index (κ2) is 59.6. The zero-order valence-corrected chi connectivity index (χ0v) is 53.0. The van der Waals surface area contributed by atoms with Crippen LogP contribution in [0.3, 0.4) is 0 Å². The molecule has 0 radical (unpaired) electrons. The molecule has 0 saturated carbocycles. The van der Waals surface area contributed by atoms with Gasteiger partial charge in [-0.3, -0.25) is 14.2 Å². The number of likely N-dealkylation sites (N-methyl/N-ethyl adjacent to an activating group) is 1. The van der Waals surface area contributed by atoms with Crippen molar-refractivity contribution >= 4 is 19.8 Å². The van der Waals surface area contributed by atoms with Gasteiger partial charge >= 0.3 is 11.9 Å². The van der Waals surface area contributed by atoms with Gasteiger partial charge in [-0.05, 0) is 38.5 Å². The van der Waals surface area contributed by atoms with Gasteiger partial charge in [-0.25, -0.2) is 0 Å². The summed E-state index contributed by atoms with van der Waals surface area (Å²) >= 11 is 0. The van der Waals surface area contributed by atoms with Gasteiger partial charge in [-0.15, -0.1) is 0 Å². The molecule has 0 aromatic rings. The second-order valence-corrected chi connectivity index (χ2v) is 25.2. The maximum Gasteiger partial charge on any atom is 0.306 e. The number of phosphoric acid groups is 1. The summed E-state index contributed by atoms with van der Waals surface area (Å²) in [5.74, 6) is -0.918. The number of rotatable bonds is 62. The van der Waals surface area contributed by atoms with Gasteiger partial charge in [0.05, 0.1) is 27.7 Å². The van der Waals surface area contributed by atoms with Gasteiger partial charge in [-0.2, -0.15) is 0 Å². The van der Waals surface area contributed by atoms with Crippen molar-refractivity contribution < 1.29 is 42.1 Å². The molecule has 0 amide bonds. The summed E-state index contributed by atoms with van der Waals surface area (Å²) in [5.41, 5.74) is 0. The van der Waals surface area contributed by atoms with E-state index in [2.05, 4.69) is 50.3 Å². The van der Waals surface area contributed by atoms with Crippen LogP contribution in [0.1, 0.15) is 322 Å². The number of carbonyl (C=O) groups excluding carboxylic acids is 2. The fourth-order valence-electron chi connectivity index (χ4n) is 9.79. The molecule has 2 atom stereocenters. The molecule has 0 spiro atoms. The van der Waals surface area contributed by atoms with Crippen LogP contribution in [0.5, 0.6) is 0 Å². The number of hydrogen-bond donors (Lipinski definition) is 0. The van der Waals surface area contributed by atoms with E-state index >= 15 is 0 Å². The number of phosphoric ester groups is 1. The van der Waals surface area contributed by atoms with E-state index in [9.17, 15) is 19.0 Å². The smallest absolute Gasteiger partial charge is 0.306 e. The minimum atomic E-state index is -4.65. The largest absolute Gasteiger partial charge is 0.756 e. The Kier molecular flexibility index (Phi) is 58.0. The van der Waals surface area contributed by atoms with Gasteiger partial charge in [0.1, 0.15) is 19.8 Å². The molecule has 2 unspecified atom stereocenters. The number of quaternary nitrogens is 1. The molecule has 0 rings (SSSR count). The van der Waals surface area contributed by atoms with Crippen LogP contribution in [0.4, 0.5) is 0 Å². The Morgan fingerprint density at radius 1 is 0.410 bits per heavy atom. The molecule has 0 aliphatic heterocycles. The highest BCUT2D eigenvalue weighted by atomic mass is 31.2. The van der Waals surface area contributed by atoms with E-state index in [-0.39, 0.29) is 26.1 Å². The molecule has 0 N–H and O–H groups in total. The monoisotopic (exact) mass is 1120 g/mol. The topological polar surface area (TPSA) is 111 Å². The molecule has 0 aliphatic carbocycles. The number of nitrogens with zero attached hydrogens (tertiary/aromatic N) is 1. The lowest BCUT2D eigenvalue weighted by Crippen LogP contribution is -2.37. The third-order valence-electron chi connectivity index (χ3n) is 14.9. The first-order valence-corrected chi connectivity index (χ1v) is 34.8. The molecule has 0 bridgehead atoms. The van der Waals surface area contributed by atoms with Crippen LogP contribution in [-0.4, -0.2) is 70.0 Å². The highest BCUT2D eigenvalue weighted by Gasteiger charge is 2.21. The van der Waals surface area contributed by atoms with Crippen LogP contribution in [0, 0.1) is 0 Å². The fourth-order valence-corrected chi connectivity index (χ4v) is 10.5. The van der Waals surface area contributed by atoms with Crippen molar-refractivity contribution in [3.8, 4) is 0 Å². The molecule has 0 saturated heterocycles. The van der Waals surface area contributed by atoms with E-state index in [0.717, 1.165) is 44.9 Å². The highest BCUT2D eigenvalue weighted by molar-refractivity contribution is 7.45. The Balaban J connectivity index is 3.81. The van der Waals surface area contributed by atoms with Gasteiger partial charge in [0.2, 0.25) is 0 Å². The zero-order chi connectivity index (χ0) is 57.0. The number of allylic oxidation sites excluding steroid dienone is 8. The molecular weight excluding hydrogens is 990 g/mol. The second-order valence-electron chi connectivity index (χ2n) is 23.8. The SMILES string of the molecule is CC/C=C\C/C=C\C/C=C\C/C=C\CCC(=O)OC(COC(=O)CCCCCCCCCCCCCCCCCCCCCCCCCCCCCCCCCCCCCCCCCCC)COP(=O)([O-])OCC[N+](C)(C)C. The summed E-state index contributed by atoms with van der Waals surface area (Å²) in [7, 11) is 1.13. The van der Waals surface area contributed by atoms with Crippen molar-refractivity contribution in [2.45, 2.75) is 328 Å². The molecule has 0 fully saturated rings. The number of ether oxygens (including phenoxy) is 2. The summed E-state index contributed by atoms with van der Waals surface area (Å²) in [4.78, 5) is 37.7. The van der Waals surface area contributed by atoms with Gasteiger partial charge < -0.3 is 27.9 Å². The highest BCUT2D eigenvalue weighted by Crippen LogP contribution is 2.38. The summed E-state index contributed by atoms with van der Waals surface area (Å²) in [6.07, 6.45) is 77.0. The molecule has 0 heterocycles. The van der Waals surface area contributed by atoms with Gasteiger partial charge in [0, 0.05) is 12.8 Å². The number of esters is 2. The van der Waals surface area contributed by atoms with Crippen molar-refractivity contribution in [1.82, 2.24) is 0 Å². The van der Waals surface area contributed by atoms with Crippen molar-refractivity contribution in [1.29, 1.82) is 0 Å². The molecule has 458 valence electrons. The van der Waals surface area contributed by atoms with Crippen molar-refractivity contribution in [3.63, 3.8) is 0 Å². The van der Waals surface area contributed by atoms with Gasteiger partial charge in [-0.1, -0.05) is 319 Å². The summed E-state index contributed by atoms with van der Waals surface area (Å²) in [6, 6.07) is 0. The van der Waals surface area contributed by atoms with Gasteiger partial charge in [0.25, 0.3) is 7.82 Å². The molecule has 9 nitrogen and oxygen atoms in total. The maximum absolute atomic E-state index is 12.7. The lowest BCUT2D eigenvalue weighted by molar-refractivity contribution is -0.870. The minimum absolute atomic E-state index is 0.0433. The molecule has 0 aromatic carbocycles. The predicted octanol–water partition coefficient (Wildman–Crippen LogP) is 20.6. The first-order valence-electron chi connectivity index (χ1n) is 33.3. The van der Waals surface area contributed by atoms with Crippen molar-refractivity contribution in [2.24, 2.45) is 0 Å². The minimum Gasteiger partial charge on any atom is -0.756 e. The fraction of sp³-hybridized carbons (Fsp3) is 0.853. The van der Waals surface area contributed by atoms with Crippen LogP contribution in [0.2, 0.25) is 0 Å². The summed E-state index contributed by atoms with van der Waals surface area (Å²) < 4.78 is 34.0. The maximum atomic E-state index is 12.7. The van der Waals surface area contributed by atoms with Crippen LogP contribution in [0.15, 0.2) is 48.6 Å². The Hall–Kier alpha value is -2.03. The van der Waals surface area contributed by atoms with Crippen LogP contribution in [0.25, 0.3) is 0 Å². The summed E-state index contributed by atoms with van der Waals surface area (Å²) in [6.45, 7) is 4.07. The Morgan fingerprint density at radius 3 is 1.06 bits per heavy atom. The average molecular weight is 1120 g/mol. The molecule has 0 aromatic heterocycles. The number of unbranched alkanes of at least 4 members (excludes halogenated alkanes) is 40. The van der Waals surface area contributed by atoms with Crippen molar-refractivity contribution in [2.75, 3.05) is 47.5 Å². The van der Waals surface area contributed by atoms with Crippen molar-refractivity contribution in [3.05, 3.63) is 48.6 Å². The van der Waals surface area contributed by atoms with E-state index in [4.69, 9.17) is 18.5 Å². The number of carbonyl (C=O) groups is 2. The lowest BCUT2D eigenvalue weighted by atomic mass is 10.0. The van der Waals surface area contributed by atoms with Crippen LogP contribution < -0.4 is 4.89 Å². The average Bonchev–Trinajstić information content (AvgIpc) is 3.40. The van der Waals surface area contributed by atoms with Crippen LogP contribution in [-0.2, 0) is 32.7 Å². The molecule has 78 heavy (non-hydrogen) atoms. The molecule has 0 aliphatic rings. The van der Waals surface area contributed by atoms with Gasteiger partial charge in [0.15, 0.2) is 6.10 Å².